The summed E-state index contributed by atoms with van der Waals surface area (Å²) in [6.45, 7) is 1.45. The van der Waals surface area contributed by atoms with E-state index in [1.54, 1.807) is 0 Å². The van der Waals surface area contributed by atoms with Crippen LogP contribution in [0.4, 0.5) is 0 Å². The van der Waals surface area contributed by atoms with Crippen molar-refractivity contribution in [2.75, 3.05) is 0 Å². The molecule has 0 saturated carbocycles. The van der Waals surface area contributed by atoms with Crippen molar-refractivity contribution >= 4 is 37.3 Å². The maximum absolute atomic E-state index is 10.9. The zero-order chi connectivity index (χ0) is 13.9. The second-order valence-corrected chi connectivity index (χ2v) is 5.60. The molecule has 2 nitrogen and oxygen atoms in total. The molecule has 0 fully saturated rings. The van der Waals surface area contributed by atoms with Gasteiger partial charge in [0.1, 0.15) is 0 Å². The SMILES string of the molecule is CC(=O)O[Si]Cc1cccc2cc3ccccc3cc12. The summed E-state index contributed by atoms with van der Waals surface area (Å²) in [5.41, 5.74) is 1.23. The minimum absolute atomic E-state index is 0.181. The van der Waals surface area contributed by atoms with Gasteiger partial charge in [0.25, 0.3) is 5.97 Å². The van der Waals surface area contributed by atoms with Crippen LogP contribution in [0.15, 0.2) is 54.6 Å². The molecule has 0 atom stereocenters. The van der Waals surface area contributed by atoms with E-state index in [1.165, 1.54) is 34.0 Å². The second kappa shape index (κ2) is 5.47. The molecule has 0 aliphatic carbocycles. The van der Waals surface area contributed by atoms with Crippen LogP contribution in [-0.4, -0.2) is 15.7 Å². The number of carbonyl (C=O) groups is 1. The van der Waals surface area contributed by atoms with Gasteiger partial charge in [-0.25, -0.2) is 0 Å². The first kappa shape index (κ1) is 12.9. The number of benzene rings is 3. The fraction of sp³-hybridized carbons (Fsp3) is 0.118. The quantitative estimate of drug-likeness (QED) is 0.539. The largest absolute Gasteiger partial charge is 0.516 e. The standard InChI is InChI=1S/C17H14O2Si/c1-12(18)19-20-11-16-8-4-7-15-9-13-5-2-3-6-14(13)10-17(15)16/h2-10H,11H2,1H3. The van der Waals surface area contributed by atoms with E-state index >= 15 is 0 Å². The molecule has 20 heavy (non-hydrogen) atoms. The topological polar surface area (TPSA) is 26.3 Å². The van der Waals surface area contributed by atoms with Crippen LogP contribution in [0.1, 0.15) is 12.5 Å². The fourth-order valence-corrected chi connectivity index (χ4v) is 3.14. The summed E-state index contributed by atoms with van der Waals surface area (Å²) in [4.78, 5) is 10.9. The van der Waals surface area contributed by atoms with E-state index in [4.69, 9.17) is 4.43 Å². The van der Waals surface area contributed by atoms with E-state index < -0.39 is 0 Å². The van der Waals surface area contributed by atoms with Gasteiger partial charge in [0.2, 0.25) is 0 Å². The molecule has 0 unspecified atom stereocenters. The van der Waals surface area contributed by atoms with E-state index in [2.05, 4.69) is 54.6 Å². The molecule has 3 heteroatoms. The summed E-state index contributed by atoms with van der Waals surface area (Å²) in [6, 6.07) is 19.9. The van der Waals surface area contributed by atoms with Gasteiger partial charge in [0.15, 0.2) is 0 Å². The van der Waals surface area contributed by atoms with E-state index in [9.17, 15) is 4.79 Å². The molecular weight excluding hydrogens is 264 g/mol. The minimum Gasteiger partial charge on any atom is -0.516 e. The van der Waals surface area contributed by atoms with Crippen LogP contribution in [0, 0.1) is 0 Å². The van der Waals surface area contributed by atoms with Crippen molar-refractivity contribution in [3.05, 3.63) is 60.2 Å². The lowest BCUT2D eigenvalue weighted by Crippen LogP contribution is -2.07. The molecule has 3 rings (SSSR count). The number of hydrogen-bond acceptors (Lipinski definition) is 2. The summed E-state index contributed by atoms with van der Waals surface area (Å²) in [6.07, 6.45) is 0. The fourth-order valence-electron chi connectivity index (χ4n) is 2.40. The van der Waals surface area contributed by atoms with E-state index in [1.807, 2.05) is 0 Å². The summed E-state index contributed by atoms with van der Waals surface area (Å²) < 4.78 is 5.07. The van der Waals surface area contributed by atoms with Gasteiger partial charge in [-0.3, -0.25) is 4.79 Å². The number of fused-ring (bicyclic) bond motifs is 2. The Kier molecular flexibility index (Phi) is 3.52. The lowest BCUT2D eigenvalue weighted by molar-refractivity contribution is -0.131. The zero-order valence-corrected chi connectivity index (χ0v) is 12.2. The number of rotatable bonds is 3. The molecule has 0 bridgehead atoms. The second-order valence-electron chi connectivity index (χ2n) is 4.75. The van der Waals surface area contributed by atoms with Crippen LogP contribution in [0.2, 0.25) is 0 Å². The molecule has 0 spiro atoms. The monoisotopic (exact) mass is 278 g/mol. The summed E-state index contributed by atoms with van der Waals surface area (Å²) >= 11 is 0. The lowest BCUT2D eigenvalue weighted by Gasteiger charge is -2.07. The average Bonchev–Trinajstić information content (AvgIpc) is 2.45. The van der Waals surface area contributed by atoms with Gasteiger partial charge in [-0.15, -0.1) is 0 Å². The average molecular weight is 278 g/mol. The Bertz CT molecular complexity index is 780. The predicted molar refractivity (Wildman–Crippen MR) is 82.7 cm³/mol. The van der Waals surface area contributed by atoms with Crippen LogP contribution in [-0.2, 0) is 15.3 Å². The van der Waals surface area contributed by atoms with Gasteiger partial charge in [-0.05, 0) is 39.2 Å². The molecule has 0 N–H and O–H groups in total. The smallest absolute Gasteiger partial charge is 0.319 e. The molecule has 3 aromatic rings. The highest BCUT2D eigenvalue weighted by Crippen LogP contribution is 2.25. The van der Waals surface area contributed by atoms with Crippen molar-refractivity contribution in [1.82, 2.24) is 0 Å². The Hall–Kier alpha value is -2.13. The van der Waals surface area contributed by atoms with Crippen LogP contribution < -0.4 is 0 Å². The lowest BCUT2D eigenvalue weighted by atomic mass is 10.0. The molecule has 0 amide bonds. The first-order valence-electron chi connectivity index (χ1n) is 6.55. The Morgan fingerprint density at radius 1 is 1.00 bits per heavy atom. The molecule has 98 valence electrons. The van der Waals surface area contributed by atoms with Crippen LogP contribution in [0.25, 0.3) is 21.5 Å². The zero-order valence-electron chi connectivity index (χ0n) is 11.2. The van der Waals surface area contributed by atoms with E-state index in [-0.39, 0.29) is 15.7 Å². The van der Waals surface area contributed by atoms with Crippen molar-refractivity contribution in [1.29, 1.82) is 0 Å². The highest BCUT2D eigenvalue weighted by atomic mass is 28.2. The Morgan fingerprint density at radius 2 is 1.70 bits per heavy atom. The third kappa shape index (κ3) is 2.58. The van der Waals surface area contributed by atoms with Crippen molar-refractivity contribution in [2.45, 2.75) is 13.0 Å². The van der Waals surface area contributed by atoms with Crippen LogP contribution in [0.5, 0.6) is 0 Å². The normalized spacial score (nSPS) is 10.8. The predicted octanol–water partition coefficient (Wildman–Crippen LogP) is 3.68. The molecule has 0 heterocycles. The Labute approximate surface area is 120 Å². The van der Waals surface area contributed by atoms with Gasteiger partial charge < -0.3 is 4.43 Å². The van der Waals surface area contributed by atoms with Gasteiger partial charge in [-0.2, -0.15) is 0 Å². The van der Waals surface area contributed by atoms with Crippen molar-refractivity contribution in [3.8, 4) is 0 Å². The number of hydrogen-bond donors (Lipinski definition) is 0. The van der Waals surface area contributed by atoms with Gasteiger partial charge >= 0.3 is 9.76 Å². The molecule has 0 saturated heterocycles. The summed E-state index contributed by atoms with van der Waals surface area (Å²) in [5, 5.41) is 4.96. The van der Waals surface area contributed by atoms with E-state index in [0.29, 0.717) is 0 Å². The van der Waals surface area contributed by atoms with Crippen LogP contribution in [0.3, 0.4) is 0 Å². The Morgan fingerprint density at radius 3 is 2.45 bits per heavy atom. The highest BCUT2D eigenvalue weighted by molar-refractivity contribution is 6.30. The molecule has 3 aromatic carbocycles. The summed E-state index contributed by atoms with van der Waals surface area (Å²) in [5.74, 6) is -0.214. The van der Waals surface area contributed by atoms with Gasteiger partial charge in [-0.1, -0.05) is 42.5 Å². The molecular formula is C17H14O2Si. The number of carbonyl (C=O) groups excluding carboxylic acids is 1. The third-order valence-electron chi connectivity index (χ3n) is 3.32. The maximum atomic E-state index is 10.9. The third-order valence-corrected chi connectivity index (χ3v) is 4.27. The first-order valence-corrected chi connectivity index (χ1v) is 7.66. The van der Waals surface area contributed by atoms with Crippen LogP contribution >= 0.6 is 0 Å². The van der Waals surface area contributed by atoms with Crippen molar-refractivity contribution < 1.29 is 9.22 Å². The Balaban J connectivity index is 2.03. The minimum atomic E-state index is -0.214. The summed E-state index contributed by atoms with van der Waals surface area (Å²) in [7, 11) is 0.181. The van der Waals surface area contributed by atoms with Gasteiger partial charge in [0.05, 0.1) is 0 Å². The van der Waals surface area contributed by atoms with Gasteiger partial charge in [0, 0.05) is 13.0 Å². The highest BCUT2D eigenvalue weighted by Gasteiger charge is 2.05. The molecule has 0 aliphatic heterocycles. The van der Waals surface area contributed by atoms with E-state index in [0.717, 1.165) is 6.04 Å². The van der Waals surface area contributed by atoms with Crippen molar-refractivity contribution in [3.63, 3.8) is 0 Å². The molecule has 0 aliphatic rings. The molecule has 2 radical (unpaired) electrons. The maximum Gasteiger partial charge on any atom is 0.319 e. The van der Waals surface area contributed by atoms with Crippen molar-refractivity contribution in [2.24, 2.45) is 0 Å². The molecule has 0 aromatic heterocycles. The first-order chi connectivity index (χ1) is 9.74.